The van der Waals surface area contributed by atoms with Crippen molar-refractivity contribution in [3.8, 4) is 5.75 Å². The summed E-state index contributed by atoms with van der Waals surface area (Å²) in [5.41, 5.74) is 1.48. The van der Waals surface area contributed by atoms with Gasteiger partial charge in [-0.25, -0.2) is 0 Å². The molecular weight excluding hydrogens is 178 g/mol. The summed E-state index contributed by atoms with van der Waals surface area (Å²) in [7, 11) is 0. The number of benzene rings is 1. The van der Waals surface area contributed by atoms with Crippen LogP contribution in [0.25, 0.3) is 0 Å². The monoisotopic (exact) mass is 191 g/mol. The Morgan fingerprint density at radius 1 is 1.36 bits per heavy atom. The van der Waals surface area contributed by atoms with Crippen molar-refractivity contribution in [2.45, 2.75) is 12.0 Å². The van der Waals surface area contributed by atoms with Crippen molar-refractivity contribution in [1.82, 2.24) is 5.32 Å². The van der Waals surface area contributed by atoms with E-state index in [1.165, 1.54) is 5.56 Å². The van der Waals surface area contributed by atoms with Crippen LogP contribution in [0.1, 0.15) is 11.1 Å². The van der Waals surface area contributed by atoms with Gasteiger partial charge >= 0.3 is 0 Å². The van der Waals surface area contributed by atoms with Crippen LogP contribution in [0.2, 0.25) is 0 Å². The Bertz CT molecular complexity index is 372. The van der Waals surface area contributed by atoms with Gasteiger partial charge in [-0.2, -0.15) is 0 Å². The molecule has 0 saturated carbocycles. The molecule has 14 heavy (non-hydrogen) atoms. The topological polar surface area (TPSA) is 41.5 Å². The SMILES string of the molecule is OC1(c2cccc3c2OCC3)CNC1. The van der Waals surface area contributed by atoms with Gasteiger partial charge < -0.3 is 15.2 Å². The van der Waals surface area contributed by atoms with Gasteiger partial charge in [0.05, 0.1) is 6.61 Å². The predicted molar refractivity (Wildman–Crippen MR) is 52.4 cm³/mol. The highest BCUT2D eigenvalue weighted by Gasteiger charge is 2.39. The number of para-hydroxylation sites is 1. The highest BCUT2D eigenvalue weighted by atomic mass is 16.5. The summed E-state index contributed by atoms with van der Waals surface area (Å²) in [5.74, 6) is 0.913. The molecule has 0 unspecified atom stereocenters. The molecule has 2 aliphatic heterocycles. The molecule has 0 radical (unpaired) electrons. The van der Waals surface area contributed by atoms with E-state index in [0.29, 0.717) is 13.1 Å². The van der Waals surface area contributed by atoms with Crippen molar-refractivity contribution < 1.29 is 9.84 Å². The molecule has 0 aliphatic carbocycles. The third-order valence-corrected chi connectivity index (χ3v) is 3.05. The summed E-state index contributed by atoms with van der Waals surface area (Å²) in [6.45, 7) is 2.01. The van der Waals surface area contributed by atoms with Crippen LogP contribution in [0.4, 0.5) is 0 Å². The van der Waals surface area contributed by atoms with Crippen LogP contribution in [0.15, 0.2) is 18.2 Å². The largest absolute Gasteiger partial charge is 0.493 e. The lowest BCUT2D eigenvalue weighted by molar-refractivity contribution is -0.0165. The van der Waals surface area contributed by atoms with E-state index in [2.05, 4.69) is 11.4 Å². The number of rotatable bonds is 1. The maximum Gasteiger partial charge on any atom is 0.128 e. The number of ether oxygens (including phenoxy) is 1. The molecule has 74 valence electrons. The quantitative estimate of drug-likeness (QED) is 0.675. The Labute approximate surface area is 82.7 Å². The standard InChI is InChI=1S/C11H13NO2/c13-11(6-12-7-11)9-3-1-2-8-4-5-14-10(8)9/h1-3,12-13H,4-7H2. The van der Waals surface area contributed by atoms with Gasteiger partial charge in [0.25, 0.3) is 0 Å². The van der Waals surface area contributed by atoms with Crippen molar-refractivity contribution in [1.29, 1.82) is 0 Å². The molecule has 1 aromatic carbocycles. The van der Waals surface area contributed by atoms with Crippen LogP contribution in [0.5, 0.6) is 5.75 Å². The van der Waals surface area contributed by atoms with Crippen molar-refractivity contribution in [3.05, 3.63) is 29.3 Å². The van der Waals surface area contributed by atoms with Gasteiger partial charge in [-0.15, -0.1) is 0 Å². The second kappa shape index (κ2) is 2.72. The van der Waals surface area contributed by atoms with Crippen LogP contribution >= 0.6 is 0 Å². The first-order chi connectivity index (χ1) is 6.80. The van der Waals surface area contributed by atoms with Crippen molar-refractivity contribution in [2.75, 3.05) is 19.7 Å². The maximum atomic E-state index is 10.2. The molecule has 0 spiro atoms. The number of hydrogen-bond donors (Lipinski definition) is 2. The minimum absolute atomic E-state index is 0.632. The van der Waals surface area contributed by atoms with Crippen molar-refractivity contribution in [3.63, 3.8) is 0 Å². The van der Waals surface area contributed by atoms with Crippen LogP contribution in [0.3, 0.4) is 0 Å². The van der Waals surface area contributed by atoms with Crippen LogP contribution < -0.4 is 10.1 Å². The maximum absolute atomic E-state index is 10.2. The zero-order valence-corrected chi connectivity index (χ0v) is 7.92. The van der Waals surface area contributed by atoms with Crippen LogP contribution in [-0.4, -0.2) is 24.8 Å². The van der Waals surface area contributed by atoms with Gasteiger partial charge in [-0.1, -0.05) is 18.2 Å². The minimum atomic E-state index is -0.699. The van der Waals surface area contributed by atoms with Gasteiger partial charge in [-0.05, 0) is 5.56 Å². The lowest BCUT2D eigenvalue weighted by atomic mass is 9.86. The summed E-state index contributed by atoms with van der Waals surface area (Å²) >= 11 is 0. The van der Waals surface area contributed by atoms with E-state index in [1.807, 2.05) is 12.1 Å². The molecule has 3 heteroatoms. The number of hydrogen-bond acceptors (Lipinski definition) is 3. The number of aliphatic hydroxyl groups is 1. The Morgan fingerprint density at radius 2 is 2.21 bits per heavy atom. The average molecular weight is 191 g/mol. The zero-order chi connectivity index (χ0) is 9.60. The molecular formula is C11H13NO2. The molecule has 1 fully saturated rings. The van der Waals surface area contributed by atoms with Gasteiger partial charge in [0.2, 0.25) is 0 Å². The van der Waals surface area contributed by atoms with Crippen LogP contribution in [-0.2, 0) is 12.0 Å². The van der Waals surface area contributed by atoms with Crippen LogP contribution in [0, 0.1) is 0 Å². The van der Waals surface area contributed by atoms with Gasteiger partial charge in [0.1, 0.15) is 11.4 Å². The molecule has 2 N–H and O–H groups in total. The Balaban J connectivity index is 2.10. The van der Waals surface area contributed by atoms with E-state index in [4.69, 9.17) is 4.74 Å². The molecule has 3 nitrogen and oxygen atoms in total. The predicted octanol–water partition coefficient (Wildman–Crippen LogP) is 0.412. The fourth-order valence-electron chi connectivity index (χ4n) is 2.13. The first-order valence-electron chi connectivity index (χ1n) is 4.98. The molecule has 0 bridgehead atoms. The van der Waals surface area contributed by atoms with E-state index in [0.717, 1.165) is 24.3 Å². The average Bonchev–Trinajstić information content (AvgIpc) is 2.61. The second-order valence-corrected chi connectivity index (χ2v) is 4.03. The highest BCUT2D eigenvalue weighted by Crippen LogP contribution is 2.37. The van der Waals surface area contributed by atoms with E-state index < -0.39 is 5.60 Å². The Kier molecular flexibility index (Phi) is 1.60. The summed E-state index contributed by atoms with van der Waals surface area (Å²) in [5, 5.41) is 13.3. The first kappa shape index (κ1) is 8.26. The van der Waals surface area contributed by atoms with Gasteiger partial charge in [-0.3, -0.25) is 0 Å². The van der Waals surface area contributed by atoms with E-state index in [1.54, 1.807) is 0 Å². The molecule has 1 aromatic rings. The number of β-amino-alcohol motifs (C(OH)–C–C–N with tert-alkyl or cyclic N) is 1. The second-order valence-electron chi connectivity index (χ2n) is 4.03. The summed E-state index contributed by atoms with van der Waals surface area (Å²) in [6, 6.07) is 6.03. The molecule has 2 aliphatic rings. The summed E-state index contributed by atoms with van der Waals surface area (Å²) in [4.78, 5) is 0. The fraction of sp³-hybridized carbons (Fsp3) is 0.455. The lowest BCUT2D eigenvalue weighted by Gasteiger charge is -2.38. The number of nitrogens with one attached hydrogen (secondary N) is 1. The summed E-state index contributed by atoms with van der Waals surface area (Å²) < 4.78 is 5.56. The minimum Gasteiger partial charge on any atom is -0.493 e. The normalized spacial score (nSPS) is 22.4. The van der Waals surface area contributed by atoms with E-state index in [9.17, 15) is 5.11 Å². The zero-order valence-electron chi connectivity index (χ0n) is 7.92. The highest BCUT2D eigenvalue weighted by molar-refractivity contribution is 5.48. The molecule has 0 aromatic heterocycles. The Morgan fingerprint density at radius 3 is 2.93 bits per heavy atom. The molecule has 0 amide bonds. The van der Waals surface area contributed by atoms with E-state index in [-0.39, 0.29) is 0 Å². The first-order valence-corrected chi connectivity index (χ1v) is 4.98. The third-order valence-electron chi connectivity index (χ3n) is 3.05. The molecule has 0 atom stereocenters. The molecule has 1 saturated heterocycles. The van der Waals surface area contributed by atoms with Gasteiger partial charge in [0.15, 0.2) is 0 Å². The third kappa shape index (κ3) is 0.996. The van der Waals surface area contributed by atoms with Crippen molar-refractivity contribution in [2.24, 2.45) is 0 Å². The van der Waals surface area contributed by atoms with E-state index >= 15 is 0 Å². The smallest absolute Gasteiger partial charge is 0.128 e. The Hall–Kier alpha value is -1.06. The fourth-order valence-corrected chi connectivity index (χ4v) is 2.13. The number of fused-ring (bicyclic) bond motifs is 1. The van der Waals surface area contributed by atoms with Crippen molar-refractivity contribution >= 4 is 0 Å². The summed E-state index contributed by atoms with van der Waals surface area (Å²) in [6.07, 6.45) is 0.965. The molecule has 2 heterocycles. The molecule has 3 rings (SSSR count). The lowest BCUT2D eigenvalue weighted by Crippen LogP contribution is -2.56. The van der Waals surface area contributed by atoms with Gasteiger partial charge in [0, 0.05) is 25.1 Å².